The summed E-state index contributed by atoms with van der Waals surface area (Å²) in [6, 6.07) is 14.7. The predicted octanol–water partition coefficient (Wildman–Crippen LogP) is 1.48. The number of carbonyl (C=O) groups is 3. The normalized spacial score (nSPS) is 13.1. The first-order valence-electron chi connectivity index (χ1n) is 9.23. The van der Waals surface area contributed by atoms with Crippen molar-refractivity contribution < 1.29 is 29.3 Å². The van der Waals surface area contributed by atoms with Gasteiger partial charge in [0.2, 0.25) is 5.91 Å². The van der Waals surface area contributed by atoms with Gasteiger partial charge in [0.15, 0.2) is 0 Å². The van der Waals surface area contributed by atoms with Crippen LogP contribution in [0, 0.1) is 0 Å². The van der Waals surface area contributed by atoms with Gasteiger partial charge in [0.1, 0.15) is 19.2 Å². The molecule has 0 saturated heterocycles. The number of hydrogen-bond donors (Lipinski definition) is 4. The highest BCUT2D eigenvalue weighted by Gasteiger charge is 2.29. The molecule has 8 heteroatoms. The van der Waals surface area contributed by atoms with Gasteiger partial charge in [-0.25, -0.2) is 9.59 Å². The molecule has 0 heterocycles. The summed E-state index contributed by atoms with van der Waals surface area (Å²) in [7, 11) is 0. The Hall–Kier alpha value is -3.39. The highest BCUT2D eigenvalue weighted by molar-refractivity contribution is 5.86. The highest BCUT2D eigenvalue weighted by Crippen LogP contribution is 2.44. The lowest BCUT2D eigenvalue weighted by Crippen LogP contribution is -2.46. The monoisotopic (exact) mass is 398 g/mol. The zero-order valence-corrected chi connectivity index (χ0v) is 15.6. The summed E-state index contributed by atoms with van der Waals surface area (Å²) in [6.07, 6.45) is -0.887. The fourth-order valence-corrected chi connectivity index (χ4v) is 3.43. The van der Waals surface area contributed by atoms with Gasteiger partial charge in [-0.15, -0.1) is 0 Å². The number of carbonyl (C=O) groups excluding carboxylic acids is 2. The molecule has 29 heavy (non-hydrogen) atoms. The van der Waals surface area contributed by atoms with Gasteiger partial charge in [-0.2, -0.15) is 0 Å². The molecule has 0 fully saturated rings. The SMILES string of the molecule is O=C(CNC(=O)OCC1c2ccccc2-c2ccccc21)N[C@H](CCO)C(=O)O. The van der Waals surface area contributed by atoms with Crippen molar-refractivity contribution in [2.24, 2.45) is 0 Å². The molecule has 1 aliphatic carbocycles. The summed E-state index contributed by atoms with van der Waals surface area (Å²) >= 11 is 0. The Morgan fingerprint density at radius 3 is 2.14 bits per heavy atom. The fourth-order valence-electron chi connectivity index (χ4n) is 3.43. The van der Waals surface area contributed by atoms with E-state index in [2.05, 4.69) is 10.6 Å². The number of nitrogens with one attached hydrogen (secondary N) is 2. The van der Waals surface area contributed by atoms with Gasteiger partial charge in [-0.1, -0.05) is 48.5 Å². The van der Waals surface area contributed by atoms with Gasteiger partial charge in [-0.05, 0) is 22.3 Å². The smallest absolute Gasteiger partial charge is 0.407 e. The van der Waals surface area contributed by atoms with Crippen LogP contribution in [0.1, 0.15) is 23.5 Å². The third-order valence-corrected chi connectivity index (χ3v) is 4.79. The second-order valence-electron chi connectivity index (χ2n) is 6.65. The largest absolute Gasteiger partial charge is 0.480 e. The Bertz CT molecular complexity index is 868. The molecule has 2 aromatic rings. The van der Waals surface area contributed by atoms with Crippen molar-refractivity contribution in [3.05, 3.63) is 59.7 Å². The minimum absolute atomic E-state index is 0.0945. The molecule has 0 spiro atoms. The molecule has 0 aliphatic heterocycles. The Morgan fingerprint density at radius 2 is 1.59 bits per heavy atom. The first-order valence-corrected chi connectivity index (χ1v) is 9.23. The maximum Gasteiger partial charge on any atom is 0.407 e. The molecule has 0 radical (unpaired) electrons. The van der Waals surface area contributed by atoms with E-state index in [-0.39, 0.29) is 25.6 Å². The number of amides is 2. The number of carboxylic acids is 1. The average molecular weight is 398 g/mol. The standard InChI is InChI=1S/C21H22N2O6/c24-10-9-18(20(26)27)23-19(25)11-22-21(28)29-12-17-15-7-3-1-5-13(15)14-6-2-4-8-16(14)17/h1-8,17-18,24H,9-12H2,(H,22,28)(H,23,25)(H,26,27)/t18-/m1/s1. The van der Waals surface area contributed by atoms with Gasteiger partial charge in [0.05, 0.1) is 0 Å². The van der Waals surface area contributed by atoms with Crippen LogP contribution in [0.5, 0.6) is 0 Å². The molecule has 1 aliphatic rings. The van der Waals surface area contributed by atoms with Gasteiger partial charge in [-0.3, -0.25) is 4.79 Å². The molecule has 0 aromatic heterocycles. The van der Waals surface area contributed by atoms with Crippen molar-refractivity contribution in [3.8, 4) is 11.1 Å². The topological polar surface area (TPSA) is 125 Å². The Morgan fingerprint density at radius 1 is 1.00 bits per heavy atom. The fraction of sp³-hybridized carbons (Fsp3) is 0.286. The van der Waals surface area contributed by atoms with Crippen LogP contribution in [0.4, 0.5) is 4.79 Å². The highest BCUT2D eigenvalue weighted by atomic mass is 16.5. The second kappa shape index (κ2) is 9.20. The van der Waals surface area contributed by atoms with Crippen LogP contribution in [0.2, 0.25) is 0 Å². The van der Waals surface area contributed by atoms with Crippen LogP contribution in [-0.2, 0) is 14.3 Å². The van der Waals surface area contributed by atoms with Crippen LogP contribution in [0.3, 0.4) is 0 Å². The van der Waals surface area contributed by atoms with Crippen molar-refractivity contribution >= 4 is 18.0 Å². The lowest BCUT2D eigenvalue weighted by atomic mass is 9.98. The van der Waals surface area contributed by atoms with E-state index in [4.69, 9.17) is 14.9 Å². The van der Waals surface area contributed by atoms with Crippen LogP contribution >= 0.6 is 0 Å². The van der Waals surface area contributed by atoms with E-state index in [1.807, 2.05) is 48.5 Å². The van der Waals surface area contributed by atoms with Crippen molar-refractivity contribution in [1.29, 1.82) is 0 Å². The lowest BCUT2D eigenvalue weighted by Gasteiger charge is -2.15. The van der Waals surface area contributed by atoms with Gasteiger partial charge >= 0.3 is 12.1 Å². The zero-order valence-electron chi connectivity index (χ0n) is 15.6. The van der Waals surface area contributed by atoms with Crippen LogP contribution in [-0.4, -0.2) is 54.0 Å². The third-order valence-electron chi connectivity index (χ3n) is 4.79. The van der Waals surface area contributed by atoms with E-state index in [0.717, 1.165) is 22.3 Å². The molecule has 152 valence electrons. The second-order valence-corrected chi connectivity index (χ2v) is 6.65. The van der Waals surface area contributed by atoms with Gasteiger partial charge in [0.25, 0.3) is 0 Å². The van der Waals surface area contributed by atoms with Gasteiger partial charge < -0.3 is 25.6 Å². The van der Waals surface area contributed by atoms with Crippen molar-refractivity contribution in [1.82, 2.24) is 10.6 Å². The number of hydrogen-bond acceptors (Lipinski definition) is 5. The molecule has 1 atom stereocenters. The number of benzene rings is 2. The summed E-state index contributed by atoms with van der Waals surface area (Å²) in [5.41, 5.74) is 4.38. The van der Waals surface area contributed by atoms with Crippen LogP contribution < -0.4 is 10.6 Å². The minimum atomic E-state index is -1.26. The Balaban J connectivity index is 1.54. The Labute approximate surface area is 167 Å². The van der Waals surface area contributed by atoms with Crippen molar-refractivity contribution in [2.75, 3.05) is 19.8 Å². The first-order chi connectivity index (χ1) is 14.0. The molecule has 3 rings (SSSR count). The minimum Gasteiger partial charge on any atom is -0.480 e. The molecule has 2 amide bonds. The molecular weight excluding hydrogens is 376 g/mol. The van der Waals surface area contributed by atoms with E-state index >= 15 is 0 Å². The molecule has 0 bridgehead atoms. The average Bonchev–Trinajstić information content (AvgIpc) is 3.04. The van der Waals surface area contributed by atoms with Crippen LogP contribution in [0.15, 0.2) is 48.5 Å². The van der Waals surface area contributed by atoms with Crippen LogP contribution in [0.25, 0.3) is 11.1 Å². The maximum absolute atomic E-state index is 12.0. The van der Waals surface area contributed by atoms with E-state index in [1.165, 1.54) is 0 Å². The molecule has 0 saturated carbocycles. The molecule has 8 nitrogen and oxygen atoms in total. The molecular formula is C21H22N2O6. The Kier molecular flexibility index (Phi) is 6.46. The van der Waals surface area contributed by atoms with Gasteiger partial charge in [0, 0.05) is 18.9 Å². The quantitative estimate of drug-likeness (QED) is 0.534. The summed E-state index contributed by atoms with van der Waals surface area (Å²) in [4.78, 5) is 34.8. The summed E-state index contributed by atoms with van der Waals surface area (Å²) in [5, 5.41) is 22.3. The molecule has 0 unspecified atom stereocenters. The number of alkyl carbamates (subject to hydrolysis) is 1. The lowest BCUT2D eigenvalue weighted by molar-refractivity contribution is -0.142. The zero-order chi connectivity index (χ0) is 20.8. The summed E-state index contributed by atoms with van der Waals surface area (Å²) < 4.78 is 5.30. The number of rotatable bonds is 8. The number of aliphatic carboxylic acids is 1. The number of aliphatic hydroxyl groups is 1. The maximum atomic E-state index is 12.0. The predicted molar refractivity (Wildman–Crippen MR) is 104 cm³/mol. The number of ether oxygens (including phenoxy) is 1. The summed E-state index contributed by atoms with van der Waals surface area (Å²) in [6.45, 7) is -0.688. The van der Waals surface area contributed by atoms with Crippen molar-refractivity contribution in [3.63, 3.8) is 0 Å². The van der Waals surface area contributed by atoms with Crippen molar-refractivity contribution in [2.45, 2.75) is 18.4 Å². The number of carboxylic acid groups (broad SMARTS) is 1. The first kappa shape index (κ1) is 20.3. The van der Waals surface area contributed by atoms with E-state index in [9.17, 15) is 14.4 Å². The van der Waals surface area contributed by atoms with E-state index < -0.39 is 30.6 Å². The third kappa shape index (κ3) is 4.72. The number of aliphatic hydroxyl groups excluding tert-OH is 1. The van der Waals surface area contributed by atoms with E-state index in [1.54, 1.807) is 0 Å². The molecule has 2 aromatic carbocycles. The van der Waals surface area contributed by atoms with E-state index in [0.29, 0.717) is 0 Å². The number of fused-ring (bicyclic) bond motifs is 3. The summed E-state index contributed by atoms with van der Waals surface area (Å²) in [5.74, 6) is -2.03. The molecule has 4 N–H and O–H groups in total.